The molecule has 0 spiro atoms. The lowest BCUT2D eigenvalue weighted by Crippen LogP contribution is -2.51. The highest BCUT2D eigenvalue weighted by molar-refractivity contribution is 6.00. The molecule has 8 rings (SSSR count). The lowest BCUT2D eigenvalue weighted by Gasteiger charge is -2.34. The Morgan fingerprint density at radius 3 is 2.07 bits per heavy atom. The molecule has 4 amide bonds. The Morgan fingerprint density at radius 1 is 0.850 bits per heavy atom. The zero-order valence-electron chi connectivity index (χ0n) is 34.6. The fourth-order valence-corrected chi connectivity index (χ4v) is 8.75. The fraction of sp³-hybridized carbons (Fsp3) is 0.409. The third-order valence-electron chi connectivity index (χ3n) is 11.8. The van der Waals surface area contributed by atoms with Crippen LogP contribution in [-0.2, 0) is 19.1 Å². The summed E-state index contributed by atoms with van der Waals surface area (Å²) >= 11 is 0. The minimum Gasteiger partial charge on any atom is -0.488 e. The van der Waals surface area contributed by atoms with Gasteiger partial charge >= 0.3 is 12.2 Å². The van der Waals surface area contributed by atoms with E-state index in [1.807, 2.05) is 45.0 Å². The fourth-order valence-electron chi connectivity index (χ4n) is 8.75. The minimum absolute atomic E-state index is 0.122. The van der Waals surface area contributed by atoms with Gasteiger partial charge in [0.05, 0.1) is 50.1 Å². The average molecular weight is 819 g/mol. The van der Waals surface area contributed by atoms with Crippen molar-refractivity contribution >= 4 is 35.1 Å². The van der Waals surface area contributed by atoms with Crippen LogP contribution in [0.5, 0.6) is 11.5 Å². The van der Waals surface area contributed by atoms with E-state index in [2.05, 4.69) is 42.5 Å². The maximum Gasteiger partial charge on any atom is 0.411 e. The van der Waals surface area contributed by atoms with Crippen LogP contribution in [0.3, 0.4) is 0 Å². The highest BCUT2D eigenvalue weighted by atomic mass is 16.5. The van der Waals surface area contributed by atoms with Crippen molar-refractivity contribution in [1.82, 2.24) is 40.4 Å². The number of imidazole rings is 2. The number of carbonyl (C=O) groups excluding carboxylic acids is 4. The average Bonchev–Trinajstić information content (AvgIpc) is 4.10. The number of alkyl carbamates (subject to hydrolysis) is 2. The van der Waals surface area contributed by atoms with E-state index in [9.17, 15) is 19.2 Å². The molecular weight excluding hydrogens is 769 g/mol. The number of rotatable bonds is 9. The second kappa shape index (κ2) is 16.6. The Kier molecular flexibility index (Phi) is 11.1. The van der Waals surface area contributed by atoms with Gasteiger partial charge < -0.3 is 44.0 Å². The lowest BCUT2D eigenvalue weighted by atomic mass is 9.86. The topological polar surface area (TPSA) is 193 Å². The molecule has 0 aliphatic carbocycles. The van der Waals surface area contributed by atoms with Crippen molar-refractivity contribution in [2.45, 2.75) is 77.6 Å². The SMILES string of the molecule is C/C=C(/NC(=O)OC)C(=O)N1CCC[C@H]1c1ncc(-c2ccc3c(c2)OC(C)C2=C3COc3cc(-c4cnc([C@@H]5CCCN5C(=O)[C@@H](NC(=O)OC)C(C)C)[nH]4)ccc32)[nH]1. The summed E-state index contributed by atoms with van der Waals surface area (Å²) in [4.78, 5) is 70.7. The van der Waals surface area contributed by atoms with Gasteiger partial charge in [-0.2, -0.15) is 0 Å². The van der Waals surface area contributed by atoms with Gasteiger partial charge in [0.1, 0.15) is 47.6 Å². The molecule has 4 atom stereocenters. The molecule has 16 heteroatoms. The molecule has 6 heterocycles. The highest BCUT2D eigenvalue weighted by Crippen LogP contribution is 2.47. The van der Waals surface area contributed by atoms with Crippen molar-refractivity contribution in [2.75, 3.05) is 33.9 Å². The monoisotopic (exact) mass is 818 g/mol. The molecule has 4 aliphatic rings. The summed E-state index contributed by atoms with van der Waals surface area (Å²) in [6.45, 7) is 9.02. The smallest absolute Gasteiger partial charge is 0.411 e. The molecule has 4 N–H and O–H groups in total. The van der Waals surface area contributed by atoms with E-state index < -0.39 is 18.2 Å². The quantitative estimate of drug-likeness (QED) is 0.135. The molecule has 16 nitrogen and oxygen atoms in total. The van der Waals surface area contributed by atoms with Crippen molar-refractivity contribution in [3.8, 4) is 34.0 Å². The first-order valence-electron chi connectivity index (χ1n) is 20.4. The Morgan fingerprint density at radius 2 is 1.45 bits per heavy atom. The number of fused-ring (bicyclic) bond motifs is 4. The molecular formula is C44H50N8O8. The molecule has 314 valence electrons. The second-order valence-corrected chi connectivity index (χ2v) is 15.7. The molecule has 2 fully saturated rings. The lowest BCUT2D eigenvalue weighted by molar-refractivity contribution is -0.135. The van der Waals surface area contributed by atoms with E-state index in [0.29, 0.717) is 31.3 Å². The van der Waals surface area contributed by atoms with Gasteiger partial charge in [-0.05, 0) is 57.6 Å². The maximum absolute atomic E-state index is 13.6. The van der Waals surface area contributed by atoms with Crippen LogP contribution < -0.4 is 20.1 Å². The molecule has 2 saturated heterocycles. The van der Waals surface area contributed by atoms with Gasteiger partial charge in [-0.1, -0.05) is 44.2 Å². The predicted molar refractivity (Wildman–Crippen MR) is 221 cm³/mol. The zero-order chi connectivity index (χ0) is 42.2. The van der Waals surface area contributed by atoms with E-state index in [0.717, 1.165) is 82.0 Å². The van der Waals surface area contributed by atoms with Crippen LogP contribution in [0.25, 0.3) is 33.7 Å². The summed E-state index contributed by atoms with van der Waals surface area (Å²) in [6, 6.07) is 11.0. The normalized spacial score (nSPS) is 20.1. The molecule has 60 heavy (non-hydrogen) atoms. The van der Waals surface area contributed by atoms with Crippen molar-refractivity contribution in [3.05, 3.63) is 83.3 Å². The number of hydrogen-bond acceptors (Lipinski definition) is 10. The van der Waals surface area contributed by atoms with Gasteiger partial charge in [-0.25, -0.2) is 19.6 Å². The maximum atomic E-state index is 13.6. The molecule has 0 radical (unpaired) electrons. The van der Waals surface area contributed by atoms with E-state index in [4.69, 9.17) is 19.2 Å². The van der Waals surface area contributed by atoms with Gasteiger partial charge in [-0.15, -0.1) is 0 Å². The molecule has 2 aromatic heterocycles. The number of aromatic amines is 2. The third kappa shape index (κ3) is 7.45. The number of methoxy groups -OCH3 is 2. The second-order valence-electron chi connectivity index (χ2n) is 15.7. The molecule has 2 aromatic carbocycles. The number of likely N-dealkylation sites (tertiary alicyclic amines) is 2. The molecule has 0 bridgehead atoms. The van der Waals surface area contributed by atoms with Crippen LogP contribution in [0.2, 0.25) is 0 Å². The first-order valence-corrected chi connectivity index (χ1v) is 20.4. The summed E-state index contributed by atoms with van der Waals surface area (Å²) in [7, 11) is 2.54. The van der Waals surface area contributed by atoms with Crippen molar-refractivity contribution < 1.29 is 38.1 Å². The van der Waals surface area contributed by atoms with Crippen molar-refractivity contribution in [3.63, 3.8) is 0 Å². The number of hydrogen-bond donors (Lipinski definition) is 4. The van der Waals surface area contributed by atoms with Gasteiger partial charge in [0.2, 0.25) is 5.91 Å². The Balaban J connectivity index is 0.991. The summed E-state index contributed by atoms with van der Waals surface area (Å²) in [5.74, 6) is 2.29. The van der Waals surface area contributed by atoms with Crippen LogP contribution in [-0.4, -0.2) is 99.8 Å². The zero-order valence-corrected chi connectivity index (χ0v) is 34.6. The highest BCUT2D eigenvalue weighted by Gasteiger charge is 2.38. The number of nitrogens with one attached hydrogen (secondary N) is 4. The van der Waals surface area contributed by atoms with Crippen LogP contribution in [0, 0.1) is 5.92 Å². The Labute approximate surface area is 347 Å². The number of amides is 4. The van der Waals surface area contributed by atoms with Gasteiger partial charge in [0, 0.05) is 46.5 Å². The minimum atomic E-state index is -0.708. The summed E-state index contributed by atoms with van der Waals surface area (Å²) in [6.07, 6.45) is 6.67. The van der Waals surface area contributed by atoms with Crippen molar-refractivity contribution in [2.24, 2.45) is 5.92 Å². The van der Waals surface area contributed by atoms with E-state index in [1.165, 1.54) is 14.2 Å². The summed E-state index contributed by atoms with van der Waals surface area (Å²) in [5, 5.41) is 5.21. The predicted octanol–water partition coefficient (Wildman–Crippen LogP) is 6.52. The largest absolute Gasteiger partial charge is 0.488 e. The number of benzene rings is 2. The number of allylic oxidation sites excluding steroid dienone is 1. The first kappa shape index (κ1) is 40.2. The molecule has 4 aromatic rings. The van der Waals surface area contributed by atoms with Crippen LogP contribution >= 0.6 is 0 Å². The summed E-state index contributed by atoms with van der Waals surface area (Å²) < 4.78 is 22.5. The third-order valence-corrected chi connectivity index (χ3v) is 11.8. The molecule has 0 saturated carbocycles. The first-order chi connectivity index (χ1) is 29.0. The molecule has 1 unspecified atom stereocenters. The summed E-state index contributed by atoms with van der Waals surface area (Å²) in [5.41, 5.74) is 7.62. The number of ether oxygens (including phenoxy) is 4. The van der Waals surface area contributed by atoms with E-state index in [-0.39, 0.29) is 41.6 Å². The standard InChI is InChI=1S/C44H50N8O8/c1-7-30(49-43(55)57-5)41(53)51-16-8-10-33(51)39-45-21-32(48-39)26-12-14-27-29-22-59-35-18-25(13-15-28(35)37(29)24(4)60-36(27)19-26)31-20-46-40(47-31)34-11-9-17-52(34)42(54)38(23(2)3)50-44(56)58-6/h7,12-15,18-21,23-24,33-34,38H,8-11,16-17,22H2,1-6H3,(H,45,48)(H,46,47)(H,49,55)(H,50,56)/b30-7+/t24?,33-,34-,38-/m0/s1. The van der Waals surface area contributed by atoms with Crippen LogP contribution in [0.15, 0.2) is 60.6 Å². The molecule has 4 aliphatic heterocycles. The number of nitrogens with zero attached hydrogens (tertiary/aromatic N) is 4. The van der Waals surface area contributed by atoms with E-state index in [1.54, 1.807) is 35.2 Å². The van der Waals surface area contributed by atoms with Gasteiger partial charge in [0.15, 0.2) is 0 Å². The van der Waals surface area contributed by atoms with Crippen molar-refractivity contribution in [1.29, 1.82) is 0 Å². The van der Waals surface area contributed by atoms with Crippen LogP contribution in [0.1, 0.15) is 88.2 Å². The van der Waals surface area contributed by atoms with E-state index >= 15 is 0 Å². The van der Waals surface area contributed by atoms with Crippen LogP contribution in [0.4, 0.5) is 9.59 Å². The number of H-pyrrole nitrogens is 2. The Hall–Kier alpha value is -6.58. The van der Waals surface area contributed by atoms with Gasteiger partial charge in [-0.3, -0.25) is 14.9 Å². The number of carbonyl (C=O) groups is 4. The Bertz CT molecular complexity index is 2400. The number of aromatic nitrogens is 4. The van der Waals surface area contributed by atoms with Gasteiger partial charge in [0.25, 0.3) is 5.91 Å².